The second-order valence-electron chi connectivity index (χ2n) is 4.57. The predicted octanol–water partition coefficient (Wildman–Crippen LogP) is 2.16. The largest absolute Gasteiger partial charge is 0.458 e. The molecule has 6 nitrogen and oxygen atoms in total. The van der Waals surface area contributed by atoms with Gasteiger partial charge in [0.25, 0.3) is 5.91 Å². The zero-order valence-electron chi connectivity index (χ0n) is 12.4. The third-order valence-corrected chi connectivity index (χ3v) is 2.82. The molecule has 2 aromatic rings. The molecule has 126 valence electrons. The van der Waals surface area contributed by atoms with E-state index in [1.807, 2.05) is 0 Å². The van der Waals surface area contributed by atoms with Gasteiger partial charge in [0.05, 0.1) is 5.69 Å². The number of alkyl halides is 2. The summed E-state index contributed by atoms with van der Waals surface area (Å²) in [6.07, 6.45) is 1.57. The van der Waals surface area contributed by atoms with E-state index in [1.54, 1.807) is 24.4 Å². The number of aromatic nitrogens is 1. The zero-order chi connectivity index (χ0) is 17.4. The average molecular weight is 336 g/mol. The summed E-state index contributed by atoms with van der Waals surface area (Å²) >= 11 is 0. The Morgan fingerprint density at radius 2 is 2.00 bits per heavy atom. The summed E-state index contributed by atoms with van der Waals surface area (Å²) < 4.78 is 33.4. The van der Waals surface area contributed by atoms with Crippen LogP contribution in [0.2, 0.25) is 0 Å². The first-order valence-electron chi connectivity index (χ1n) is 6.93. The van der Waals surface area contributed by atoms with E-state index >= 15 is 0 Å². The molecule has 8 heteroatoms. The number of ether oxygens (including phenoxy) is 2. The standard InChI is InChI=1S/C16H14F2N2O4/c17-16(18)24-13-6-3-4-11(8-13)15(22)20-9-14(21)23-10-12-5-1-2-7-19-12/h1-8,16H,9-10H2,(H,20,22). The SMILES string of the molecule is O=C(CNC(=O)c1cccc(OC(F)F)c1)OCc1ccccn1. The molecule has 0 saturated carbocycles. The van der Waals surface area contributed by atoms with Crippen molar-refractivity contribution in [2.45, 2.75) is 13.2 Å². The van der Waals surface area contributed by atoms with Crippen LogP contribution in [-0.2, 0) is 16.1 Å². The molecular formula is C16H14F2N2O4. The fraction of sp³-hybridized carbons (Fsp3) is 0.188. The second-order valence-corrected chi connectivity index (χ2v) is 4.57. The van der Waals surface area contributed by atoms with Gasteiger partial charge < -0.3 is 14.8 Å². The fourth-order valence-corrected chi connectivity index (χ4v) is 1.76. The number of nitrogens with zero attached hydrogens (tertiary/aromatic N) is 1. The van der Waals surface area contributed by atoms with Crippen molar-refractivity contribution < 1.29 is 27.8 Å². The van der Waals surface area contributed by atoms with Gasteiger partial charge in [0.1, 0.15) is 18.9 Å². The molecule has 1 aromatic carbocycles. The van der Waals surface area contributed by atoms with Crippen molar-refractivity contribution in [3.05, 3.63) is 59.9 Å². The lowest BCUT2D eigenvalue weighted by atomic mass is 10.2. The van der Waals surface area contributed by atoms with Crippen LogP contribution in [0.1, 0.15) is 16.1 Å². The van der Waals surface area contributed by atoms with E-state index in [2.05, 4.69) is 15.0 Å². The number of esters is 1. The van der Waals surface area contributed by atoms with Crippen molar-refractivity contribution in [2.24, 2.45) is 0 Å². The predicted molar refractivity (Wildman–Crippen MR) is 79.4 cm³/mol. The van der Waals surface area contributed by atoms with Crippen molar-refractivity contribution in [1.29, 1.82) is 0 Å². The Balaban J connectivity index is 1.81. The van der Waals surface area contributed by atoms with E-state index in [4.69, 9.17) is 4.74 Å². The van der Waals surface area contributed by atoms with E-state index < -0.39 is 18.5 Å². The molecule has 0 radical (unpaired) electrons. The van der Waals surface area contributed by atoms with Crippen LogP contribution in [0.15, 0.2) is 48.7 Å². The summed E-state index contributed by atoms with van der Waals surface area (Å²) in [5.41, 5.74) is 0.666. The van der Waals surface area contributed by atoms with Crippen LogP contribution in [0.4, 0.5) is 8.78 Å². The third-order valence-electron chi connectivity index (χ3n) is 2.82. The molecule has 0 bridgehead atoms. The first-order valence-corrected chi connectivity index (χ1v) is 6.93. The number of amides is 1. The topological polar surface area (TPSA) is 77.5 Å². The molecule has 0 saturated heterocycles. The lowest BCUT2D eigenvalue weighted by molar-refractivity contribution is -0.143. The average Bonchev–Trinajstić information content (AvgIpc) is 2.58. The Morgan fingerprint density at radius 1 is 1.17 bits per heavy atom. The molecule has 0 aliphatic heterocycles. The molecule has 1 amide bonds. The molecule has 0 atom stereocenters. The van der Waals surface area contributed by atoms with Gasteiger partial charge in [-0.2, -0.15) is 8.78 Å². The maximum absolute atomic E-state index is 12.1. The van der Waals surface area contributed by atoms with Crippen molar-refractivity contribution in [2.75, 3.05) is 6.54 Å². The van der Waals surface area contributed by atoms with Gasteiger partial charge in [-0.15, -0.1) is 0 Å². The summed E-state index contributed by atoms with van der Waals surface area (Å²) in [6.45, 7) is -3.34. The minimum Gasteiger partial charge on any atom is -0.458 e. The molecule has 0 fully saturated rings. The molecule has 1 aromatic heterocycles. The Bertz CT molecular complexity index is 695. The van der Waals surface area contributed by atoms with Crippen molar-refractivity contribution in [1.82, 2.24) is 10.3 Å². The third kappa shape index (κ3) is 5.64. The number of benzene rings is 1. The number of nitrogens with one attached hydrogen (secondary N) is 1. The Morgan fingerprint density at radius 3 is 2.71 bits per heavy atom. The fourth-order valence-electron chi connectivity index (χ4n) is 1.76. The normalized spacial score (nSPS) is 10.3. The van der Waals surface area contributed by atoms with Crippen LogP contribution >= 0.6 is 0 Å². The summed E-state index contributed by atoms with van der Waals surface area (Å²) in [7, 11) is 0. The number of carbonyl (C=O) groups excluding carboxylic acids is 2. The van der Waals surface area contributed by atoms with Crippen LogP contribution in [0.3, 0.4) is 0 Å². The number of rotatable bonds is 7. The van der Waals surface area contributed by atoms with Gasteiger partial charge in [0.2, 0.25) is 0 Å². The quantitative estimate of drug-likeness (QED) is 0.784. The Labute approximate surface area is 136 Å². The second kappa shape index (κ2) is 8.56. The van der Waals surface area contributed by atoms with Crippen LogP contribution in [0, 0.1) is 0 Å². The van der Waals surface area contributed by atoms with E-state index in [-0.39, 0.29) is 24.5 Å². The Kier molecular flexibility index (Phi) is 6.18. The molecule has 0 aliphatic carbocycles. The van der Waals surface area contributed by atoms with Crippen LogP contribution < -0.4 is 10.1 Å². The summed E-state index contributed by atoms with van der Waals surface area (Å²) in [5, 5.41) is 2.34. The molecule has 1 N–H and O–H groups in total. The van der Waals surface area contributed by atoms with E-state index in [0.717, 1.165) is 6.07 Å². The van der Waals surface area contributed by atoms with E-state index in [0.29, 0.717) is 5.69 Å². The smallest absolute Gasteiger partial charge is 0.387 e. The first-order chi connectivity index (χ1) is 11.5. The van der Waals surface area contributed by atoms with Crippen LogP contribution in [-0.4, -0.2) is 30.0 Å². The zero-order valence-corrected chi connectivity index (χ0v) is 12.4. The monoisotopic (exact) mass is 336 g/mol. The van der Waals surface area contributed by atoms with Crippen molar-refractivity contribution in [3.8, 4) is 5.75 Å². The summed E-state index contributed by atoms with van der Waals surface area (Å²) in [5.74, 6) is -1.39. The molecule has 2 rings (SSSR count). The number of carbonyl (C=O) groups is 2. The van der Waals surface area contributed by atoms with Crippen LogP contribution in [0.25, 0.3) is 0 Å². The minimum absolute atomic E-state index is 0.00669. The van der Waals surface area contributed by atoms with Gasteiger partial charge in [0, 0.05) is 11.8 Å². The first kappa shape index (κ1) is 17.3. The number of halogens is 2. The molecule has 0 spiro atoms. The van der Waals surface area contributed by atoms with Gasteiger partial charge in [-0.05, 0) is 30.3 Å². The van der Waals surface area contributed by atoms with Gasteiger partial charge >= 0.3 is 12.6 Å². The highest BCUT2D eigenvalue weighted by Gasteiger charge is 2.11. The molecule has 0 aliphatic rings. The number of hydrogen-bond acceptors (Lipinski definition) is 5. The van der Waals surface area contributed by atoms with E-state index in [1.165, 1.54) is 18.2 Å². The molecule has 0 unspecified atom stereocenters. The van der Waals surface area contributed by atoms with Crippen molar-refractivity contribution >= 4 is 11.9 Å². The lowest BCUT2D eigenvalue weighted by Crippen LogP contribution is -2.30. The Hall–Kier alpha value is -3.03. The van der Waals surface area contributed by atoms with Gasteiger partial charge in [-0.3, -0.25) is 14.6 Å². The van der Waals surface area contributed by atoms with Crippen LogP contribution in [0.5, 0.6) is 5.75 Å². The van der Waals surface area contributed by atoms with Gasteiger partial charge in [-0.25, -0.2) is 0 Å². The van der Waals surface area contributed by atoms with Gasteiger partial charge in [-0.1, -0.05) is 12.1 Å². The van der Waals surface area contributed by atoms with E-state index in [9.17, 15) is 18.4 Å². The lowest BCUT2D eigenvalue weighted by Gasteiger charge is -2.08. The highest BCUT2D eigenvalue weighted by atomic mass is 19.3. The van der Waals surface area contributed by atoms with Crippen molar-refractivity contribution in [3.63, 3.8) is 0 Å². The molecule has 24 heavy (non-hydrogen) atoms. The highest BCUT2D eigenvalue weighted by Crippen LogP contribution is 2.15. The number of hydrogen-bond donors (Lipinski definition) is 1. The van der Waals surface area contributed by atoms with Gasteiger partial charge in [0.15, 0.2) is 0 Å². The summed E-state index contributed by atoms with van der Waals surface area (Å²) in [6, 6.07) is 10.4. The summed E-state index contributed by atoms with van der Waals surface area (Å²) in [4.78, 5) is 27.5. The maximum atomic E-state index is 12.1. The molecular weight excluding hydrogens is 322 g/mol. The molecule has 1 heterocycles. The minimum atomic E-state index is -2.98. The maximum Gasteiger partial charge on any atom is 0.387 e. The number of pyridine rings is 1. The highest BCUT2D eigenvalue weighted by molar-refractivity contribution is 5.96.